The zero-order valence-electron chi connectivity index (χ0n) is 16.5. The van der Waals surface area contributed by atoms with Gasteiger partial charge in [-0.05, 0) is 42.5 Å². The Morgan fingerprint density at radius 2 is 1.63 bits per heavy atom. The molecule has 0 aliphatic heterocycles. The van der Waals surface area contributed by atoms with Crippen molar-refractivity contribution < 1.29 is 22.3 Å². The van der Waals surface area contributed by atoms with Crippen LogP contribution in [0.4, 0.5) is 10.1 Å². The molecule has 3 aromatic rings. The number of nitrogens with zero attached hydrogens (tertiary/aromatic N) is 1. The summed E-state index contributed by atoms with van der Waals surface area (Å²) in [6, 6.07) is 18.5. The summed E-state index contributed by atoms with van der Waals surface area (Å²) in [4.78, 5) is 12.3. The molecule has 3 aromatic carbocycles. The van der Waals surface area contributed by atoms with Crippen LogP contribution < -0.4 is 14.4 Å². The molecule has 1 N–H and O–H groups in total. The lowest BCUT2D eigenvalue weighted by atomic mass is 10.2. The summed E-state index contributed by atoms with van der Waals surface area (Å²) in [5.41, 5.74) is 1.03. The molecule has 8 heteroatoms. The monoisotopic (exact) mass is 428 g/mol. The standard InChI is InChI=1S/C22H21FN2O4S/c1-25(20-9-5-6-10-21(20)29-2)30(27,28)18-13-11-16(12-14-18)22(26)24-15-17-7-3-4-8-19(17)23/h3-14H,15H2,1-2H3,(H,24,26). The average Bonchev–Trinajstić information content (AvgIpc) is 2.77. The highest BCUT2D eigenvalue weighted by Gasteiger charge is 2.24. The molecule has 0 bridgehead atoms. The Morgan fingerprint density at radius 3 is 2.30 bits per heavy atom. The van der Waals surface area contributed by atoms with Crippen molar-refractivity contribution in [3.8, 4) is 5.75 Å². The quantitative estimate of drug-likeness (QED) is 0.624. The van der Waals surface area contributed by atoms with Crippen LogP contribution in [0.3, 0.4) is 0 Å². The number of carbonyl (C=O) groups is 1. The first-order chi connectivity index (χ1) is 14.3. The number of anilines is 1. The summed E-state index contributed by atoms with van der Waals surface area (Å²) in [6.45, 7) is 0.0299. The van der Waals surface area contributed by atoms with Gasteiger partial charge in [0.15, 0.2) is 0 Å². The van der Waals surface area contributed by atoms with Crippen LogP contribution in [0.25, 0.3) is 0 Å². The minimum atomic E-state index is -3.86. The van der Waals surface area contributed by atoms with E-state index < -0.39 is 21.7 Å². The number of hydrogen-bond acceptors (Lipinski definition) is 4. The van der Waals surface area contributed by atoms with Crippen molar-refractivity contribution in [2.24, 2.45) is 0 Å². The number of methoxy groups -OCH3 is 1. The van der Waals surface area contributed by atoms with E-state index in [4.69, 9.17) is 4.74 Å². The van der Waals surface area contributed by atoms with Crippen molar-refractivity contribution in [1.82, 2.24) is 5.32 Å². The highest BCUT2D eigenvalue weighted by atomic mass is 32.2. The maximum atomic E-state index is 13.7. The van der Waals surface area contributed by atoms with Gasteiger partial charge in [-0.2, -0.15) is 0 Å². The normalized spacial score (nSPS) is 11.0. The molecule has 0 atom stereocenters. The van der Waals surface area contributed by atoms with Crippen molar-refractivity contribution >= 4 is 21.6 Å². The molecule has 0 saturated carbocycles. The van der Waals surface area contributed by atoms with E-state index in [1.807, 2.05) is 0 Å². The molecule has 0 unspecified atom stereocenters. The molecular weight excluding hydrogens is 407 g/mol. The van der Waals surface area contributed by atoms with Crippen LogP contribution in [0, 0.1) is 5.82 Å². The van der Waals surface area contributed by atoms with Crippen LogP contribution in [-0.2, 0) is 16.6 Å². The minimum Gasteiger partial charge on any atom is -0.495 e. The average molecular weight is 428 g/mol. The second-order valence-electron chi connectivity index (χ2n) is 6.44. The fourth-order valence-electron chi connectivity index (χ4n) is 2.88. The van der Waals surface area contributed by atoms with E-state index in [1.54, 1.807) is 42.5 Å². The third-order valence-electron chi connectivity index (χ3n) is 4.60. The first kappa shape index (κ1) is 21.3. The molecule has 0 heterocycles. The van der Waals surface area contributed by atoms with Crippen molar-refractivity contribution in [1.29, 1.82) is 0 Å². The van der Waals surface area contributed by atoms with E-state index >= 15 is 0 Å². The minimum absolute atomic E-state index is 0.0292. The highest BCUT2D eigenvalue weighted by Crippen LogP contribution is 2.30. The Labute approximate surface area is 175 Å². The first-order valence-corrected chi connectivity index (χ1v) is 10.5. The van der Waals surface area contributed by atoms with Gasteiger partial charge in [0.25, 0.3) is 15.9 Å². The molecule has 0 saturated heterocycles. The Bertz CT molecular complexity index is 1150. The van der Waals surface area contributed by atoms with Gasteiger partial charge in [0.1, 0.15) is 11.6 Å². The molecule has 0 fully saturated rings. The molecule has 0 aromatic heterocycles. The Kier molecular flexibility index (Phi) is 6.37. The fraction of sp³-hybridized carbons (Fsp3) is 0.136. The summed E-state index contributed by atoms with van der Waals surface area (Å²) >= 11 is 0. The van der Waals surface area contributed by atoms with Crippen molar-refractivity contribution in [2.45, 2.75) is 11.4 Å². The number of hydrogen-bond donors (Lipinski definition) is 1. The highest BCUT2D eigenvalue weighted by molar-refractivity contribution is 7.92. The topological polar surface area (TPSA) is 75.7 Å². The molecule has 0 aliphatic carbocycles. The van der Waals surface area contributed by atoms with Gasteiger partial charge in [0.2, 0.25) is 0 Å². The smallest absolute Gasteiger partial charge is 0.264 e. The van der Waals surface area contributed by atoms with Gasteiger partial charge in [0, 0.05) is 24.7 Å². The van der Waals surface area contributed by atoms with E-state index in [9.17, 15) is 17.6 Å². The van der Waals surface area contributed by atoms with Crippen LogP contribution in [-0.4, -0.2) is 28.5 Å². The molecule has 6 nitrogen and oxygen atoms in total. The van der Waals surface area contributed by atoms with E-state index in [2.05, 4.69) is 5.32 Å². The lowest BCUT2D eigenvalue weighted by Crippen LogP contribution is -2.27. The van der Waals surface area contributed by atoms with Gasteiger partial charge in [-0.25, -0.2) is 12.8 Å². The third-order valence-corrected chi connectivity index (χ3v) is 6.38. The number of rotatable bonds is 7. The Morgan fingerprint density at radius 1 is 1.00 bits per heavy atom. The predicted molar refractivity (Wildman–Crippen MR) is 113 cm³/mol. The predicted octanol–water partition coefficient (Wildman–Crippen LogP) is 3.59. The second kappa shape index (κ2) is 8.96. The number of amides is 1. The number of nitrogens with one attached hydrogen (secondary N) is 1. The molecule has 1 amide bonds. The van der Waals surface area contributed by atoms with Gasteiger partial charge in [0.05, 0.1) is 17.7 Å². The van der Waals surface area contributed by atoms with Gasteiger partial charge >= 0.3 is 0 Å². The number of benzene rings is 3. The van der Waals surface area contributed by atoms with Crippen molar-refractivity contribution in [3.05, 3.63) is 89.7 Å². The Hall–Kier alpha value is -3.39. The zero-order chi connectivity index (χ0) is 21.7. The summed E-state index contributed by atoms with van der Waals surface area (Å²) in [5, 5.41) is 2.62. The zero-order valence-corrected chi connectivity index (χ0v) is 17.3. The number of carbonyl (C=O) groups excluding carboxylic acids is 1. The number of sulfonamides is 1. The van der Waals surface area contributed by atoms with E-state index in [0.29, 0.717) is 17.0 Å². The molecule has 3 rings (SSSR count). The van der Waals surface area contributed by atoms with Crippen LogP contribution in [0.2, 0.25) is 0 Å². The largest absolute Gasteiger partial charge is 0.495 e. The lowest BCUT2D eigenvalue weighted by Gasteiger charge is -2.21. The Balaban J connectivity index is 1.75. The molecular formula is C22H21FN2O4S. The van der Waals surface area contributed by atoms with Crippen molar-refractivity contribution in [3.63, 3.8) is 0 Å². The first-order valence-electron chi connectivity index (χ1n) is 9.08. The van der Waals surface area contributed by atoms with Gasteiger partial charge in [-0.15, -0.1) is 0 Å². The summed E-state index contributed by atoms with van der Waals surface area (Å²) in [7, 11) is -0.957. The molecule has 0 spiro atoms. The van der Waals surface area contributed by atoms with E-state index in [-0.39, 0.29) is 17.0 Å². The van der Waals surface area contributed by atoms with Gasteiger partial charge < -0.3 is 10.1 Å². The maximum Gasteiger partial charge on any atom is 0.264 e. The SMILES string of the molecule is COc1ccccc1N(C)S(=O)(=O)c1ccc(C(=O)NCc2ccccc2F)cc1. The van der Waals surface area contributed by atoms with Crippen LogP contribution in [0.5, 0.6) is 5.75 Å². The van der Waals surface area contributed by atoms with Crippen LogP contribution in [0.1, 0.15) is 15.9 Å². The second-order valence-corrected chi connectivity index (χ2v) is 8.41. The molecule has 0 radical (unpaired) electrons. The molecule has 0 aliphatic rings. The summed E-state index contributed by atoms with van der Waals surface area (Å²) in [6.07, 6.45) is 0. The maximum absolute atomic E-state index is 13.7. The van der Waals surface area contributed by atoms with Gasteiger partial charge in [-0.3, -0.25) is 9.10 Å². The third kappa shape index (κ3) is 4.44. The van der Waals surface area contributed by atoms with Crippen LogP contribution >= 0.6 is 0 Å². The number of ether oxygens (including phenoxy) is 1. The van der Waals surface area contributed by atoms with Crippen molar-refractivity contribution in [2.75, 3.05) is 18.5 Å². The molecule has 30 heavy (non-hydrogen) atoms. The summed E-state index contributed by atoms with van der Waals surface area (Å²) < 4.78 is 45.9. The number of para-hydroxylation sites is 2. The number of halogens is 1. The van der Waals surface area contributed by atoms with Gasteiger partial charge in [-0.1, -0.05) is 30.3 Å². The van der Waals surface area contributed by atoms with E-state index in [0.717, 1.165) is 4.31 Å². The molecule has 156 valence electrons. The van der Waals surface area contributed by atoms with E-state index in [1.165, 1.54) is 44.5 Å². The van der Waals surface area contributed by atoms with Crippen LogP contribution in [0.15, 0.2) is 77.7 Å². The lowest BCUT2D eigenvalue weighted by molar-refractivity contribution is 0.0950. The fourth-order valence-corrected chi connectivity index (χ4v) is 4.08. The summed E-state index contributed by atoms with van der Waals surface area (Å²) in [5.74, 6) is -0.411.